The van der Waals surface area contributed by atoms with Gasteiger partial charge in [-0.1, -0.05) is 26.7 Å². The second-order valence-electron chi connectivity index (χ2n) is 10.4. The molecule has 0 unspecified atom stereocenters. The first-order chi connectivity index (χ1) is 20.8. The van der Waals surface area contributed by atoms with E-state index in [9.17, 15) is 29.6 Å². The molecule has 0 amide bonds. The zero-order valence-corrected chi connectivity index (χ0v) is 26.0. The maximum atomic E-state index is 13.7. The van der Waals surface area contributed by atoms with Gasteiger partial charge in [-0.15, -0.1) is 0 Å². The second kappa shape index (κ2) is 15.1. The Balaban J connectivity index is 1.77. The number of carbonyl (C=O) groups excluding carboxylic acids is 2. The summed E-state index contributed by atoms with van der Waals surface area (Å²) in [6.07, 6.45) is -3.84. The number of nitrogens with two attached hydrogens (primary N) is 1. The Hall–Kier alpha value is -3.36. The molecule has 2 aromatic rings. The first-order valence-electron chi connectivity index (χ1n) is 14.0. The molecule has 44 heavy (non-hydrogen) atoms. The number of hydrogen-bond acceptors (Lipinski definition) is 15. The van der Waals surface area contributed by atoms with Crippen molar-refractivity contribution in [3.63, 3.8) is 0 Å². The van der Waals surface area contributed by atoms with Crippen LogP contribution in [0.1, 0.15) is 53.2 Å². The number of anilines is 1. The summed E-state index contributed by atoms with van der Waals surface area (Å²) in [5, 5.41) is 38.4. The predicted molar refractivity (Wildman–Crippen MR) is 151 cm³/mol. The number of ether oxygens (including phenoxy) is 4. The topological polar surface area (TPSA) is 239 Å². The minimum absolute atomic E-state index is 0.0432. The van der Waals surface area contributed by atoms with Crippen LogP contribution in [0.2, 0.25) is 0 Å². The van der Waals surface area contributed by atoms with Gasteiger partial charge in [-0.25, -0.2) is 23.9 Å². The molecule has 0 aliphatic carbocycles. The molecule has 0 radical (unpaired) electrons. The number of aliphatic hydroxyl groups excluding tert-OH is 2. The summed E-state index contributed by atoms with van der Waals surface area (Å²) in [4.78, 5) is 28.3. The van der Waals surface area contributed by atoms with Gasteiger partial charge in [0.2, 0.25) is 12.4 Å². The smallest absolute Gasteiger partial charge is 0.464 e. The van der Waals surface area contributed by atoms with Crippen molar-refractivity contribution in [3.8, 4) is 6.07 Å². The maximum Gasteiger partial charge on any atom is 0.510 e. The average Bonchev–Trinajstić information content (AvgIpc) is 3.52. The van der Waals surface area contributed by atoms with Gasteiger partial charge in [0.15, 0.2) is 5.82 Å². The van der Waals surface area contributed by atoms with E-state index >= 15 is 0 Å². The number of esters is 1. The van der Waals surface area contributed by atoms with E-state index in [0.29, 0.717) is 5.52 Å². The summed E-state index contributed by atoms with van der Waals surface area (Å²) in [6, 6.07) is 3.61. The van der Waals surface area contributed by atoms with Crippen molar-refractivity contribution in [2.24, 2.45) is 5.92 Å². The Kier molecular flexibility index (Phi) is 12.0. The van der Waals surface area contributed by atoms with E-state index in [-0.39, 0.29) is 24.0 Å². The van der Waals surface area contributed by atoms with Gasteiger partial charge in [-0.3, -0.25) is 13.8 Å². The molecule has 3 heterocycles. The van der Waals surface area contributed by atoms with Crippen LogP contribution in [0.4, 0.5) is 10.6 Å². The Morgan fingerprint density at radius 3 is 2.57 bits per heavy atom. The Morgan fingerprint density at radius 1 is 1.23 bits per heavy atom. The van der Waals surface area contributed by atoms with Crippen LogP contribution in [0.25, 0.3) is 5.52 Å². The molecule has 1 aliphatic rings. The van der Waals surface area contributed by atoms with Crippen LogP contribution in [0.15, 0.2) is 18.5 Å². The number of nitriles is 1. The molecule has 244 valence electrons. The van der Waals surface area contributed by atoms with Crippen LogP contribution >= 0.6 is 7.75 Å². The highest BCUT2D eigenvalue weighted by atomic mass is 31.2. The molecule has 0 spiro atoms. The minimum Gasteiger partial charge on any atom is -0.464 e. The highest BCUT2D eigenvalue weighted by molar-refractivity contribution is 7.51. The summed E-state index contributed by atoms with van der Waals surface area (Å²) in [6.45, 7) is 7.00. The number of nitrogens with one attached hydrogen (secondary N) is 1. The van der Waals surface area contributed by atoms with Gasteiger partial charge in [0.25, 0.3) is 0 Å². The number of carbonyl (C=O) groups is 2. The van der Waals surface area contributed by atoms with Gasteiger partial charge in [0, 0.05) is 0 Å². The fourth-order valence-electron chi connectivity index (χ4n) is 4.34. The summed E-state index contributed by atoms with van der Waals surface area (Å²) < 4.78 is 46.4. The molecule has 17 nitrogen and oxygen atoms in total. The van der Waals surface area contributed by atoms with Crippen LogP contribution in [-0.4, -0.2) is 87.4 Å². The molecular weight excluding hydrogens is 603 g/mol. The molecule has 6 atom stereocenters. The van der Waals surface area contributed by atoms with E-state index in [0.717, 1.165) is 19.2 Å². The molecule has 18 heteroatoms. The molecule has 5 N–H and O–H groups in total. The number of nitrogen functional groups attached to an aromatic ring is 1. The zero-order chi connectivity index (χ0) is 32.7. The molecule has 0 bridgehead atoms. The average molecular weight is 643 g/mol. The lowest BCUT2D eigenvalue weighted by atomic mass is 9.92. The van der Waals surface area contributed by atoms with Crippen molar-refractivity contribution < 1.29 is 52.4 Å². The summed E-state index contributed by atoms with van der Waals surface area (Å²) in [5.74, 6) is -0.510. The molecule has 3 rings (SSSR count). The number of rotatable bonds is 15. The molecule has 0 aromatic carbocycles. The molecule has 1 saturated heterocycles. The van der Waals surface area contributed by atoms with E-state index in [1.165, 1.54) is 23.6 Å². The van der Waals surface area contributed by atoms with Gasteiger partial charge in [-0.2, -0.15) is 10.4 Å². The number of hydrogen-bond donors (Lipinski definition) is 4. The monoisotopic (exact) mass is 642 g/mol. The third-order valence-corrected chi connectivity index (χ3v) is 8.59. The fraction of sp³-hybridized carbons (Fsp3) is 0.654. The standard InChI is InChI=1S/C26H39N6O11P/c1-6-17(7-2)10-38-24(35)16(5)31-44(37,41-14-39-25(36)42-15(3)4)40-11-19-21(33)22(34)26(12-27,43-19)20-9-8-18-23(28)29-13-30-32(18)20/h8-9,13,15-17,19,21-22,33-34H,6-7,10-11,14H2,1-5H3,(H,31,37)(H2,28,29,30)/t16-,19+,21+,22+,26-,44-/m0/s1. The Labute approximate surface area is 254 Å². The lowest BCUT2D eigenvalue weighted by molar-refractivity contribution is -0.146. The number of aliphatic hydroxyl groups is 2. The van der Waals surface area contributed by atoms with Crippen LogP contribution in [0.3, 0.4) is 0 Å². The highest BCUT2D eigenvalue weighted by Gasteiger charge is 2.58. The third-order valence-electron chi connectivity index (χ3n) is 6.95. The zero-order valence-electron chi connectivity index (χ0n) is 25.1. The lowest BCUT2D eigenvalue weighted by Crippen LogP contribution is -2.41. The van der Waals surface area contributed by atoms with Gasteiger partial charge in [-0.05, 0) is 38.8 Å². The maximum absolute atomic E-state index is 13.7. The first-order valence-corrected chi connectivity index (χ1v) is 15.6. The molecule has 1 aliphatic heterocycles. The van der Waals surface area contributed by atoms with Crippen LogP contribution in [-0.2, 0) is 43.0 Å². The van der Waals surface area contributed by atoms with Gasteiger partial charge in [0.1, 0.15) is 42.3 Å². The highest BCUT2D eigenvalue weighted by Crippen LogP contribution is 2.47. The second-order valence-corrected chi connectivity index (χ2v) is 12.1. The molecular formula is C26H39N6O11P. The Morgan fingerprint density at radius 2 is 1.93 bits per heavy atom. The van der Waals surface area contributed by atoms with Crippen molar-refractivity contribution >= 4 is 31.2 Å². The van der Waals surface area contributed by atoms with Crippen molar-refractivity contribution in [1.29, 1.82) is 5.26 Å². The number of fused-ring (bicyclic) bond motifs is 1. The SMILES string of the molecule is CCC(CC)COC(=O)[C@H](C)N[P@@](=O)(OCOC(=O)OC(C)C)OC[C@H]1O[C@@](C#N)(c2ccc3c(N)ncnn23)[C@H](O)[C@@H]1O. The van der Waals surface area contributed by atoms with Crippen molar-refractivity contribution in [3.05, 3.63) is 24.2 Å². The Bertz CT molecular complexity index is 1380. The van der Waals surface area contributed by atoms with Crippen molar-refractivity contribution in [2.45, 2.75) is 83.5 Å². The number of aromatic nitrogens is 3. The lowest BCUT2D eigenvalue weighted by Gasteiger charge is -2.25. The van der Waals surface area contributed by atoms with Gasteiger partial charge >= 0.3 is 19.9 Å². The van der Waals surface area contributed by atoms with Crippen molar-refractivity contribution in [2.75, 3.05) is 25.7 Å². The number of nitrogens with zero attached hydrogens (tertiary/aromatic N) is 4. The van der Waals surface area contributed by atoms with Crippen LogP contribution in [0.5, 0.6) is 0 Å². The van der Waals surface area contributed by atoms with Gasteiger partial charge < -0.3 is 34.9 Å². The molecule has 0 saturated carbocycles. The largest absolute Gasteiger partial charge is 0.510 e. The van der Waals surface area contributed by atoms with E-state index < -0.39 is 69.3 Å². The van der Waals surface area contributed by atoms with Crippen LogP contribution < -0.4 is 10.8 Å². The quantitative estimate of drug-likeness (QED) is 0.123. The van der Waals surface area contributed by atoms with E-state index in [1.54, 1.807) is 13.8 Å². The molecule has 2 aromatic heterocycles. The van der Waals surface area contributed by atoms with E-state index in [2.05, 4.69) is 15.2 Å². The molecule has 1 fully saturated rings. The van der Waals surface area contributed by atoms with E-state index in [1.807, 2.05) is 19.9 Å². The normalized spacial score (nSPS) is 23.8. The van der Waals surface area contributed by atoms with Crippen molar-refractivity contribution in [1.82, 2.24) is 19.7 Å². The minimum atomic E-state index is -4.52. The fourth-order valence-corrected chi connectivity index (χ4v) is 5.68. The van der Waals surface area contributed by atoms with E-state index in [4.69, 9.17) is 33.7 Å². The third kappa shape index (κ3) is 8.02. The summed E-state index contributed by atoms with van der Waals surface area (Å²) >= 11 is 0. The van der Waals surface area contributed by atoms with Crippen LogP contribution in [0, 0.1) is 17.2 Å². The van der Waals surface area contributed by atoms with Gasteiger partial charge in [0.05, 0.1) is 25.0 Å². The summed E-state index contributed by atoms with van der Waals surface area (Å²) in [7, 11) is -4.52. The summed E-state index contributed by atoms with van der Waals surface area (Å²) in [5.41, 5.74) is 4.10. The predicted octanol–water partition coefficient (Wildman–Crippen LogP) is 1.77. The first kappa shape index (κ1) is 35.1.